The standard InChI is InChI=1S/C10H13N2O2S2.BF4/c1-8(16(13,14)11-2)12-7-15-10-6-4-3-5-9(10)12;2-1(3,4)5/h3-8,11H,1-2H3;/q+1;-1. The molecule has 0 saturated carbocycles. The van der Waals surface area contributed by atoms with Gasteiger partial charge in [0.1, 0.15) is 4.70 Å². The normalized spacial score (nSPS) is 13.6. The van der Waals surface area contributed by atoms with E-state index in [0.29, 0.717) is 0 Å². The van der Waals surface area contributed by atoms with Crippen molar-refractivity contribution in [2.24, 2.45) is 0 Å². The molecule has 2 rings (SSSR count). The summed E-state index contributed by atoms with van der Waals surface area (Å²) in [5.41, 5.74) is 2.78. The summed E-state index contributed by atoms with van der Waals surface area (Å²) >= 11 is 1.54. The van der Waals surface area contributed by atoms with E-state index in [-0.39, 0.29) is 0 Å². The molecular weight excluding hydrogens is 331 g/mol. The van der Waals surface area contributed by atoms with Gasteiger partial charge in [-0.1, -0.05) is 23.5 Å². The molecule has 1 N–H and O–H groups in total. The van der Waals surface area contributed by atoms with Crippen LogP contribution < -0.4 is 9.29 Å². The Balaban J connectivity index is 0.000000383. The summed E-state index contributed by atoms with van der Waals surface area (Å²) in [6.07, 6.45) is 0. The van der Waals surface area contributed by atoms with Crippen molar-refractivity contribution in [2.45, 2.75) is 12.3 Å². The number of benzene rings is 1. The Morgan fingerprint density at radius 1 is 1.24 bits per heavy atom. The van der Waals surface area contributed by atoms with Crippen LogP contribution in [-0.2, 0) is 10.0 Å². The van der Waals surface area contributed by atoms with Gasteiger partial charge in [0.05, 0.1) is 0 Å². The molecule has 0 amide bonds. The molecule has 2 aromatic rings. The van der Waals surface area contributed by atoms with Gasteiger partial charge in [0.2, 0.25) is 11.0 Å². The molecule has 1 aromatic carbocycles. The predicted octanol–water partition coefficient (Wildman–Crippen LogP) is 2.56. The van der Waals surface area contributed by atoms with Crippen LogP contribution in [-0.4, -0.2) is 22.7 Å². The smallest absolute Gasteiger partial charge is 0.418 e. The van der Waals surface area contributed by atoms with Crippen LogP contribution in [0.3, 0.4) is 0 Å². The van der Waals surface area contributed by atoms with Crippen molar-refractivity contribution in [1.29, 1.82) is 0 Å². The van der Waals surface area contributed by atoms with Crippen molar-refractivity contribution in [3.8, 4) is 0 Å². The fourth-order valence-electron chi connectivity index (χ4n) is 1.54. The molecule has 4 nitrogen and oxygen atoms in total. The molecule has 0 spiro atoms. The molecule has 0 bridgehead atoms. The molecular formula is C10H13BF4N2O2S2. The maximum absolute atomic E-state index is 11.7. The zero-order chi connectivity index (χ0) is 16.3. The first-order valence-electron chi connectivity index (χ1n) is 5.73. The average molecular weight is 344 g/mol. The molecule has 21 heavy (non-hydrogen) atoms. The number of halogens is 4. The Bertz CT molecular complexity index is 696. The number of hydrogen-bond donors (Lipinski definition) is 1. The number of rotatable bonds is 3. The van der Waals surface area contributed by atoms with E-state index in [9.17, 15) is 25.7 Å². The van der Waals surface area contributed by atoms with Crippen molar-refractivity contribution in [2.75, 3.05) is 7.05 Å². The van der Waals surface area contributed by atoms with E-state index in [1.165, 1.54) is 18.4 Å². The lowest BCUT2D eigenvalue weighted by atomic mass is 10.3. The fraction of sp³-hybridized carbons (Fsp3) is 0.300. The molecule has 1 atom stereocenters. The molecule has 118 valence electrons. The number of thiazole rings is 1. The maximum atomic E-state index is 11.7. The summed E-state index contributed by atoms with van der Waals surface area (Å²) < 4.78 is 67.6. The molecule has 1 unspecified atom stereocenters. The van der Waals surface area contributed by atoms with E-state index in [1.54, 1.807) is 11.5 Å². The molecule has 0 saturated heterocycles. The summed E-state index contributed by atoms with van der Waals surface area (Å²) in [5, 5.41) is -0.603. The Kier molecular flexibility index (Phi) is 5.71. The van der Waals surface area contributed by atoms with Crippen molar-refractivity contribution in [3.63, 3.8) is 0 Å². The van der Waals surface area contributed by atoms with Crippen LogP contribution in [0.2, 0.25) is 0 Å². The molecule has 0 aliphatic rings. The zero-order valence-electron chi connectivity index (χ0n) is 11.1. The zero-order valence-corrected chi connectivity index (χ0v) is 12.8. The van der Waals surface area contributed by atoms with Crippen molar-refractivity contribution in [1.82, 2.24) is 4.72 Å². The number of nitrogens with zero attached hydrogens (tertiary/aromatic N) is 1. The monoisotopic (exact) mass is 344 g/mol. The summed E-state index contributed by atoms with van der Waals surface area (Å²) in [7, 11) is -7.86. The van der Waals surface area contributed by atoms with Gasteiger partial charge in [-0.3, -0.25) is 0 Å². The summed E-state index contributed by atoms with van der Waals surface area (Å²) in [6.45, 7) is 1.67. The Morgan fingerprint density at radius 2 is 1.76 bits per heavy atom. The number of fused-ring (bicyclic) bond motifs is 1. The van der Waals surface area contributed by atoms with Crippen LogP contribution in [0, 0.1) is 0 Å². The van der Waals surface area contributed by atoms with E-state index in [1.807, 2.05) is 29.8 Å². The number of sulfonamides is 1. The third-order valence-electron chi connectivity index (χ3n) is 2.56. The van der Waals surface area contributed by atoms with Crippen LogP contribution in [0.25, 0.3) is 10.2 Å². The fourth-order valence-corrected chi connectivity index (χ4v) is 3.41. The highest BCUT2D eigenvalue weighted by atomic mass is 32.2. The minimum Gasteiger partial charge on any atom is -0.418 e. The summed E-state index contributed by atoms with van der Waals surface area (Å²) in [6, 6.07) is 7.76. The SMILES string of the molecule is CNS(=O)(=O)C(C)[n+]1csc2ccccc21.F[B-](F)(F)F. The van der Waals surface area contributed by atoms with Gasteiger partial charge < -0.3 is 17.3 Å². The van der Waals surface area contributed by atoms with E-state index >= 15 is 0 Å². The molecule has 0 aliphatic carbocycles. The van der Waals surface area contributed by atoms with Crippen LogP contribution in [0.15, 0.2) is 29.8 Å². The number of nitrogens with one attached hydrogen (secondary N) is 1. The van der Waals surface area contributed by atoms with Gasteiger partial charge in [0, 0.05) is 13.0 Å². The molecule has 0 fully saturated rings. The maximum Gasteiger partial charge on any atom is 0.673 e. The Labute approximate surface area is 123 Å². The topological polar surface area (TPSA) is 50.1 Å². The lowest BCUT2D eigenvalue weighted by molar-refractivity contribution is -0.668. The van der Waals surface area contributed by atoms with Gasteiger partial charge in [-0.15, -0.1) is 0 Å². The summed E-state index contributed by atoms with van der Waals surface area (Å²) in [4.78, 5) is 0. The van der Waals surface area contributed by atoms with Crippen LogP contribution in [0.4, 0.5) is 17.3 Å². The average Bonchev–Trinajstić information content (AvgIpc) is 2.79. The van der Waals surface area contributed by atoms with E-state index in [2.05, 4.69) is 4.72 Å². The first kappa shape index (κ1) is 17.9. The van der Waals surface area contributed by atoms with Crippen molar-refractivity contribution in [3.05, 3.63) is 29.8 Å². The summed E-state index contributed by atoms with van der Waals surface area (Å²) in [5.74, 6) is 0. The second-order valence-corrected chi connectivity index (χ2v) is 7.01. The lowest BCUT2D eigenvalue weighted by Gasteiger charge is -2.05. The molecule has 1 heterocycles. The minimum absolute atomic E-state index is 0.603. The quantitative estimate of drug-likeness (QED) is 0.529. The molecule has 0 aliphatic heterocycles. The Morgan fingerprint density at radius 3 is 2.29 bits per heavy atom. The van der Waals surface area contributed by atoms with Crippen LogP contribution in [0.5, 0.6) is 0 Å². The first-order valence-corrected chi connectivity index (χ1v) is 8.16. The number of aromatic nitrogens is 1. The lowest BCUT2D eigenvalue weighted by Crippen LogP contribution is -2.44. The third kappa shape index (κ3) is 5.25. The largest absolute Gasteiger partial charge is 0.673 e. The molecule has 0 radical (unpaired) electrons. The minimum atomic E-state index is -6.00. The first-order chi connectivity index (χ1) is 9.56. The van der Waals surface area contributed by atoms with Crippen molar-refractivity contribution >= 4 is 38.8 Å². The van der Waals surface area contributed by atoms with Gasteiger partial charge in [-0.05, 0) is 13.1 Å². The highest BCUT2D eigenvalue weighted by Gasteiger charge is 2.30. The second-order valence-electron chi connectivity index (χ2n) is 3.94. The van der Waals surface area contributed by atoms with Crippen LogP contribution in [0.1, 0.15) is 12.3 Å². The van der Waals surface area contributed by atoms with Crippen LogP contribution >= 0.6 is 11.3 Å². The molecule has 1 aromatic heterocycles. The van der Waals surface area contributed by atoms with E-state index in [0.717, 1.165) is 10.2 Å². The van der Waals surface area contributed by atoms with Gasteiger partial charge in [0.15, 0.2) is 0 Å². The highest BCUT2D eigenvalue weighted by molar-refractivity contribution is 7.89. The Hall–Kier alpha value is -1.20. The third-order valence-corrected chi connectivity index (χ3v) is 5.19. The highest BCUT2D eigenvalue weighted by Crippen LogP contribution is 2.18. The number of hydrogen-bond acceptors (Lipinski definition) is 3. The van der Waals surface area contributed by atoms with E-state index < -0.39 is 22.7 Å². The van der Waals surface area contributed by atoms with Crippen molar-refractivity contribution < 1.29 is 30.2 Å². The second kappa shape index (κ2) is 6.71. The van der Waals surface area contributed by atoms with Gasteiger partial charge in [-0.2, -0.15) is 4.57 Å². The number of para-hydroxylation sites is 1. The predicted molar refractivity (Wildman–Crippen MR) is 74.9 cm³/mol. The van der Waals surface area contributed by atoms with E-state index in [4.69, 9.17) is 0 Å². The molecule has 11 heteroatoms. The van der Waals surface area contributed by atoms with Gasteiger partial charge >= 0.3 is 7.25 Å². The van der Waals surface area contributed by atoms with Gasteiger partial charge in [-0.25, -0.2) is 13.1 Å². The van der Waals surface area contributed by atoms with Gasteiger partial charge in [0.25, 0.3) is 15.4 Å².